The number of fused-ring (bicyclic) bond motifs is 3. The summed E-state index contributed by atoms with van der Waals surface area (Å²) in [6.07, 6.45) is 6.11. The van der Waals surface area contributed by atoms with E-state index in [0.717, 1.165) is 48.0 Å². The van der Waals surface area contributed by atoms with Gasteiger partial charge in [0.15, 0.2) is 6.10 Å². The summed E-state index contributed by atoms with van der Waals surface area (Å²) in [6, 6.07) is -0.525. The van der Waals surface area contributed by atoms with Crippen molar-refractivity contribution in [2.45, 2.75) is 50.0 Å². The van der Waals surface area contributed by atoms with E-state index in [1.54, 1.807) is 11.9 Å². The van der Waals surface area contributed by atoms with Gasteiger partial charge in [0.2, 0.25) is 5.95 Å². The van der Waals surface area contributed by atoms with Crippen LogP contribution in [0.4, 0.5) is 20.5 Å². The van der Waals surface area contributed by atoms with Crippen molar-refractivity contribution in [1.82, 2.24) is 20.2 Å². The molecule has 4 aliphatic rings. The minimum Gasteiger partial charge on any atom is -0.360 e. The van der Waals surface area contributed by atoms with Crippen LogP contribution in [-0.2, 0) is 16.0 Å². The number of aryl methyl sites for hydroxylation is 1. The molecule has 1 aliphatic carbocycles. The van der Waals surface area contributed by atoms with Crippen LogP contribution in [0.1, 0.15) is 25.8 Å². The lowest BCUT2D eigenvalue weighted by molar-refractivity contribution is -0.152. The van der Waals surface area contributed by atoms with Gasteiger partial charge in [-0.25, -0.2) is 13.8 Å². The number of alkyl halides is 2. The van der Waals surface area contributed by atoms with Crippen LogP contribution in [0.15, 0.2) is 29.7 Å². The van der Waals surface area contributed by atoms with Gasteiger partial charge >= 0.3 is 0 Å². The number of thioether (sulfide) groups is 1. The zero-order chi connectivity index (χ0) is 24.7. The SMILES string of the molecule is CCc1cnc(N2CCSC(C)C2)nc1NC1=CC=C2C(C1)C1NCC(F)(F)COC1C(=O)N2C. The second-order valence-electron chi connectivity index (χ2n) is 9.64. The topological polar surface area (TPSA) is 82.6 Å². The fourth-order valence-electron chi connectivity index (χ4n) is 5.19. The average molecular weight is 507 g/mol. The molecule has 3 aliphatic heterocycles. The van der Waals surface area contributed by atoms with Crippen LogP contribution in [0.25, 0.3) is 0 Å². The van der Waals surface area contributed by atoms with Gasteiger partial charge in [0.1, 0.15) is 12.4 Å². The summed E-state index contributed by atoms with van der Waals surface area (Å²) in [5, 5.41) is 6.95. The third-order valence-electron chi connectivity index (χ3n) is 7.10. The van der Waals surface area contributed by atoms with Gasteiger partial charge in [0, 0.05) is 60.2 Å². The third kappa shape index (κ3) is 4.90. The maximum absolute atomic E-state index is 14.0. The van der Waals surface area contributed by atoms with Crippen LogP contribution in [0.2, 0.25) is 0 Å². The third-order valence-corrected chi connectivity index (χ3v) is 8.24. The van der Waals surface area contributed by atoms with Gasteiger partial charge in [0.25, 0.3) is 11.8 Å². The molecule has 190 valence electrons. The second kappa shape index (κ2) is 9.67. The van der Waals surface area contributed by atoms with E-state index in [1.165, 1.54) is 0 Å². The lowest BCUT2D eigenvalue weighted by Gasteiger charge is -2.44. The molecule has 3 saturated heterocycles. The highest BCUT2D eigenvalue weighted by molar-refractivity contribution is 8.00. The number of carbonyl (C=O) groups excluding carboxylic acids is 1. The standard InChI is InChI=1S/C24H32F2N6O2S/c1-4-15-10-27-23(32-7-8-35-14(2)11-32)30-21(15)29-16-5-6-18-17(9-16)19-20(22(33)31(18)3)34-13-24(25,26)12-28-19/h5-6,10,14,17,19-20,28H,4,7-9,11-13H2,1-3H3,(H,27,29,30). The number of nitrogens with one attached hydrogen (secondary N) is 2. The average Bonchev–Trinajstić information content (AvgIpc) is 3.00. The molecule has 1 amide bonds. The Morgan fingerprint density at radius 2 is 2.20 bits per heavy atom. The highest BCUT2D eigenvalue weighted by atomic mass is 32.2. The summed E-state index contributed by atoms with van der Waals surface area (Å²) in [5.74, 6) is -0.964. The van der Waals surface area contributed by atoms with Gasteiger partial charge < -0.3 is 25.2 Å². The quantitative estimate of drug-likeness (QED) is 0.645. The Kier molecular flexibility index (Phi) is 6.75. The zero-order valence-corrected chi connectivity index (χ0v) is 21.1. The van der Waals surface area contributed by atoms with Gasteiger partial charge in [0.05, 0.1) is 12.6 Å². The fourth-order valence-corrected chi connectivity index (χ4v) is 6.20. The molecule has 2 N–H and O–H groups in total. The summed E-state index contributed by atoms with van der Waals surface area (Å²) in [5.41, 5.74) is 2.73. The van der Waals surface area contributed by atoms with E-state index >= 15 is 0 Å². The maximum atomic E-state index is 14.0. The molecule has 4 unspecified atom stereocenters. The normalized spacial score (nSPS) is 30.6. The van der Waals surface area contributed by atoms with Crippen molar-refractivity contribution in [3.8, 4) is 0 Å². The molecule has 0 bridgehead atoms. The number of aromatic nitrogens is 2. The molecule has 8 nitrogen and oxygen atoms in total. The van der Waals surface area contributed by atoms with Crippen molar-refractivity contribution in [3.63, 3.8) is 0 Å². The number of hydrogen-bond acceptors (Lipinski definition) is 8. The highest BCUT2D eigenvalue weighted by Crippen LogP contribution is 2.38. The highest BCUT2D eigenvalue weighted by Gasteiger charge is 2.50. The molecule has 0 aromatic carbocycles. The Morgan fingerprint density at radius 3 is 2.97 bits per heavy atom. The number of piperidine rings is 1. The maximum Gasteiger partial charge on any atom is 0.283 e. The van der Waals surface area contributed by atoms with Gasteiger partial charge in [-0.1, -0.05) is 13.8 Å². The van der Waals surface area contributed by atoms with Gasteiger partial charge in [-0.3, -0.25) is 4.79 Å². The van der Waals surface area contributed by atoms with Crippen LogP contribution in [-0.4, -0.2) is 83.1 Å². The first-order valence-electron chi connectivity index (χ1n) is 12.2. The molecular formula is C24H32F2N6O2S. The first kappa shape index (κ1) is 24.5. The van der Waals surface area contributed by atoms with Crippen LogP contribution in [0.3, 0.4) is 0 Å². The van der Waals surface area contributed by atoms with E-state index in [-0.39, 0.29) is 11.8 Å². The first-order chi connectivity index (χ1) is 16.8. The van der Waals surface area contributed by atoms with Crippen LogP contribution in [0, 0.1) is 5.92 Å². The molecular weight excluding hydrogens is 474 g/mol. The van der Waals surface area contributed by atoms with Crippen molar-refractivity contribution < 1.29 is 18.3 Å². The molecule has 3 fully saturated rings. The number of likely N-dealkylation sites (tertiary alicyclic amines) is 1. The summed E-state index contributed by atoms with van der Waals surface area (Å²) in [4.78, 5) is 26.1. The number of carbonyl (C=O) groups is 1. The molecule has 0 spiro atoms. The van der Waals surface area contributed by atoms with E-state index in [4.69, 9.17) is 9.72 Å². The Bertz CT molecular complexity index is 1050. The number of likely N-dealkylation sites (N-methyl/N-ethyl adjacent to an activating group) is 1. The van der Waals surface area contributed by atoms with Crippen molar-refractivity contribution in [1.29, 1.82) is 0 Å². The Morgan fingerprint density at radius 1 is 1.37 bits per heavy atom. The van der Waals surface area contributed by atoms with Gasteiger partial charge in [-0.05, 0) is 25.0 Å². The smallest absolute Gasteiger partial charge is 0.283 e. The summed E-state index contributed by atoms with van der Waals surface area (Å²) in [7, 11) is 1.68. The molecule has 4 heterocycles. The Hall–Kier alpha value is -2.24. The number of amides is 1. The summed E-state index contributed by atoms with van der Waals surface area (Å²) < 4.78 is 33.5. The zero-order valence-electron chi connectivity index (χ0n) is 20.3. The number of halogens is 2. The predicted octanol–water partition coefficient (Wildman–Crippen LogP) is 2.64. The van der Waals surface area contributed by atoms with Crippen LogP contribution < -0.4 is 15.5 Å². The monoisotopic (exact) mass is 506 g/mol. The number of ether oxygens (including phenoxy) is 1. The fraction of sp³-hybridized carbons (Fsp3) is 0.625. The van der Waals surface area contributed by atoms with Gasteiger partial charge in [-0.15, -0.1) is 0 Å². The Balaban J connectivity index is 1.39. The van der Waals surface area contributed by atoms with E-state index in [0.29, 0.717) is 17.6 Å². The number of anilines is 2. The van der Waals surface area contributed by atoms with Crippen LogP contribution in [0.5, 0.6) is 0 Å². The van der Waals surface area contributed by atoms with E-state index < -0.39 is 31.2 Å². The number of allylic oxidation sites excluding steroid dienone is 3. The minimum atomic E-state index is -3.01. The first-order valence-corrected chi connectivity index (χ1v) is 13.2. The largest absolute Gasteiger partial charge is 0.360 e. The number of nitrogens with zero attached hydrogens (tertiary/aromatic N) is 4. The molecule has 0 radical (unpaired) electrons. The molecule has 35 heavy (non-hydrogen) atoms. The predicted molar refractivity (Wildman–Crippen MR) is 133 cm³/mol. The summed E-state index contributed by atoms with van der Waals surface area (Å²) >= 11 is 1.96. The van der Waals surface area contributed by atoms with Crippen molar-refractivity contribution in [2.75, 3.05) is 49.3 Å². The lowest BCUT2D eigenvalue weighted by Crippen LogP contribution is -2.59. The molecule has 11 heteroatoms. The number of hydrogen-bond donors (Lipinski definition) is 2. The minimum absolute atomic E-state index is 0.185. The molecule has 1 aromatic rings. The van der Waals surface area contributed by atoms with Crippen LogP contribution >= 0.6 is 11.8 Å². The van der Waals surface area contributed by atoms with Crippen molar-refractivity contribution in [2.24, 2.45) is 5.92 Å². The Labute approximate surface area is 208 Å². The second-order valence-corrected chi connectivity index (χ2v) is 11.2. The van der Waals surface area contributed by atoms with Gasteiger partial charge in [-0.2, -0.15) is 16.7 Å². The number of rotatable bonds is 4. The van der Waals surface area contributed by atoms with Crippen molar-refractivity contribution >= 4 is 29.4 Å². The molecule has 4 atom stereocenters. The molecule has 1 aromatic heterocycles. The van der Waals surface area contributed by atoms with E-state index in [2.05, 4.69) is 34.4 Å². The molecule has 5 rings (SSSR count). The van der Waals surface area contributed by atoms with E-state index in [1.807, 2.05) is 30.1 Å². The molecule has 0 saturated carbocycles. The summed E-state index contributed by atoms with van der Waals surface area (Å²) in [6.45, 7) is 4.83. The van der Waals surface area contributed by atoms with E-state index in [9.17, 15) is 13.6 Å². The lowest BCUT2D eigenvalue weighted by atomic mass is 9.80. The van der Waals surface area contributed by atoms with Crippen molar-refractivity contribution in [3.05, 3.63) is 35.3 Å².